The van der Waals surface area contributed by atoms with E-state index in [9.17, 15) is 0 Å². The topological polar surface area (TPSA) is 17.8 Å². The normalized spacial score (nSPS) is 14.6. The number of imidazole rings is 1. The van der Waals surface area contributed by atoms with Crippen LogP contribution in [0.4, 0.5) is 0 Å². The van der Waals surface area contributed by atoms with E-state index in [0.29, 0.717) is 11.8 Å². The summed E-state index contributed by atoms with van der Waals surface area (Å²) in [5.74, 6) is 1.24. The number of aromatic nitrogens is 2. The standard InChI is InChI=1S/C17H32N2/c1-6-9-12-19-13-18-16(14(4)10-7-2)17(19)15(5)11-8-3/h13-15H,6-12H2,1-5H3. The zero-order valence-electron chi connectivity index (χ0n) is 13.6. The Labute approximate surface area is 119 Å². The highest BCUT2D eigenvalue weighted by Crippen LogP contribution is 2.30. The molecule has 0 bridgehead atoms. The van der Waals surface area contributed by atoms with E-state index in [2.05, 4.69) is 45.5 Å². The van der Waals surface area contributed by atoms with Crippen LogP contribution in [0, 0.1) is 0 Å². The van der Waals surface area contributed by atoms with Crippen LogP contribution in [-0.2, 0) is 6.54 Å². The number of unbranched alkanes of at least 4 members (excludes halogenated alkanes) is 1. The van der Waals surface area contributed by atoms with Gasteiger partial charge in [-0.1, -0.05) is 53.9 Å². The fourth-order valence-corrected chi connectivity index (χ4v) is 2.97. The van der Waals surface area contributed by atoms with Crippen molar-refractivity contribution < 1.29 is 0 Å². The van der Waals surface area contributed by atoms with Crippen LogP contribution >= 0.6 is 0 Å². The molecular weight excluding hydrogens is 232 g/mol. The van der Waals surface area contributed by atoms with Crippen LogP contribution in [0.2, 0.25) is 0 Å². The van der Waals surface area contributed by atoms with Gasteiger partial charge in [-0.3, -0.25) is 0 Å². The summed E-state index contributed by atoms with van der Waals surface area (Å²) in [6, 6.07) is 0. The van der Waals surface area contributed by atoms with E-state index in [1.54, 1.807) is 0 Å². The Morgan fingerprint density at radius 2 is 1.63 bits per heavy atom. The minimum absolute atomic E-state index is 0.599. The van der Waals surface area contributed by atoms with Crippen LogP contribution in [0.1, 0.15) is 96.4 Å². The molecule has 2 unspecified atom stereocenters. The summed E-state index contributed by atoms with van der Waals surface area (Å²) in [5, 5.41) is 0. The van der Waals surface area contributed by atoms with Crippen LogP contribution in [-0.4, -0.2) is 9.55 Å². The average molecular weight is 264 g/mol. The maximum atomic E-state index is 4.75. The lowest BCUT2D eigenvalue weighted by Gasteiger charge is -2.18. The maximum Gasteiger partial charge on any atom is 0.0951 e. The SMILES string of the molecule is CCCCn1cnc(C(C)CCC)c1C(C)CCC. The molecule has 1 rings (SSSR count). The summed E-state index contributed by atoms with van der Waals surface area (Å²) in [4.78, 5) is 4.75. The molecule has 1 heterocycles. The number of rotatable bonds is 9. The van der Waals surface area contributed by atoms with Crippen LogP contribution in [0.15, 0.2) is 6.33 Å². The fraction of sp³-hybridized carbons (Fsp3) is 0.824. The molecule has 0 fully saturated rings. The highest BCUT2D eigenvalue weighted by atomic mass is 15.1. The van der Waals surface area contributed by atoms with E-state index >= 15 is 0 Å². The van der Waals surface area contributed by atoms with Gasteiger partial charge in [0, 0.05) is 18.2 Å². The number of hydrogen-bond donors (Lipinski definition) is 0. The van der Waals surface area contributed by atoms with Gasteiger partial charge in [0.2, 0.25) is 0 Å². The van der Waals surface area contributed by atoms with E-state index in [0.717, 1.165) is 6.54 Å². The zero-order valence-corrected chi connectivity index (χ0v) is 13.6. The van der Waals surface area contributed by atoms with Gasteiger partial charge in [-0.15, -0.1) is 0 Å². The first kappa shape index (κ1) is 16.3. The van der Waals surface area contributed by atoms with Crippen molar-refractivity contribution in [3.05, 3.63) is 17.7 Å². The first-order valence-corrected chi connectivity index (χ1v) is 8.20. The average Bonchev–Trinajstić information content (AvgIpc) is 2.80. The van der Waals surface area contributed by atoms with Gasteiger partial charge in [0.05, 0.1) is 12.0 Å². The molecule has 110 valence electrons. The lowest BCUT2D eigenvalue weighted by Crippen LogP contribution is -2.09. The summed E-state index contributed by atoms with van der Waals surface area (Å²) in [7, 11) is 0. The fourth-order valence-electron chi connectivity index (χ4n) is 2.97. The minimum atomic E-state index is 0.599. The Morgan fingerprint density at radius 1 is 1.00 bits per heavy atom. The number of aryl methyl sites for hydroxylation is 1. The molecule has 1 aromatic heterocycles. The Balaban J connectivity index is 2.98. The van der Waals surface area contributed by atoms with Crippen molar-refractivity contribution in [2.45, 2.75) is 91.5 Å². The second-order valence-corrected chi connectivity index (χ2v) is 5.94. The Kier molecular flexibility index (Phi) is 7.19. The molecule has 2 atom stereocenters. The molecule has 0 aliphatic rings. The van der Waals surface area contributed by atoms with Gasteiger partial charge in [-0.25, -0.2) is 4.98 Å². The summed E-state index contributed by atoms with van der Waals surface area (Å²) >= 11 is 0. The van der Waals surface area contributed by atoms with Gasteiger partial charge < -0.3 is 4.57 Å². The van der Waals surface area contributed by atoms with Crippen molar-refractivity contribution in [1.82, 2.24) is 9.55 Å². The lowest BCUT2D eigenvalue weighted by atomic mass is 9.93. The van der Waals surface area contributed by atoms with E-state index in [1.807, 2.05) is 0 Å². The lowest BCUT2D eigenvalue weighted by molar-refractivity contribution is 0.545. The predicted octanol–water partition coefficient (Wildman–Crippen LogP) is 5.49. The molecule has 0 amide bonds. The third-order valence-corrected chi connectivity index (χ3v) is 4.04. The molecular formula is C17H32N2. The summed E-state index contributed by atoms with van der Waals surface area (Å²) < 4.78 is 2.42. The van der Waals surface area contributed by atoms with Crippen LogP contribution < -0.4 is 0 Å². The summed E-state index contributed by atoms with van der Waals surface area (Å²) in [6.45, 7) is 12.6. The second kappa shape index (κ2) is 8.39. The smallest absolute Gasteiger partial charge is 0.0951 e. The predicted molar refractivity (Wildman–Crippen MR) is 83.8 cm³/mol. The van der Waals surface area contributed by atoms with E-state index < -0.39 is 0 Å². The molecule has 19 heavy (non-hydrogen) atoms. The minimum Gasteiger partial charge on any atom is -0.334 e. The quantitative estimate of drug-likeness (QED) is 0.576. The third kappa shape index (κ3) is 4.36. The molecule has 0 aromatic carbocycles. The van der Waals surface area contributed by atoms with Crippen LogP contribution in [0.5, 0.6) is 0 Å². The first-order chi connectivity index (χ1) is 9.15. The van der Waals surface area contributed by atoms with Crippen molar-refractivity contribution in [3.63, 3.8) is 0 Å². The van der Waals surface area contributed by atoms with Gasteiger partial charge in [-0.05, 0) is 25.2 Å². The van der Waals surface area contributed by atoms with Gasteiger partial charge >= 0.3 is 0 Å². The number of hydrogen-bond acceptors (Lipinski definition) is 1. The van der Waals surface area contributed by atoms with Gasteiger partial charge in [0.15, 0.2) is 0 Å². The second-order valence-electron chi connectivity index (χ2n) is 5.94. The van der Waals surface area contributed by atoms with E-state index in [1.165, 1.54) is 49.9 Å². The largest absolute Gasteiger partial charge is 0.334 e. The Hall–Kier alpha value is -0.790. The summed E-state index contributed by atoms with van der Waals surface area (Å²) in [6.07, 6.45) is 9.59. The summed E-state index contributed by atoms with van der Waals surface area (Å²) in [5.41, 5.74) is 2.87. The molecule has 1 aromatic rings. The Bertz CT molecular complexity index is 354. The van der Waals surface area contributed by atoms with Crippen LogP contribution in [0.25, 0.3) is 0 Å². The molecule has 2 heteroatoms. The van der Waals surface area contributed by atoms with Gasteiger partial charge in [-0.2, -0.15) is 0 Å². The van der Waals surface area contributed by atoms with Crippen molar-refractivity contribution in [2.24, 2.45) is 0 Å². The zero-order chi connectivity index (χ0) is 14.3. The molecule has 0 saturated carbocycles. The van der Waals surface area contributed by atoms with Crippen molar-refractivity contribution >= 4 is 0 Å². The highest BCUT2D eigenvalue weighted by molar-refractivity contribution is 5.21. The molecule has 0 aliphatic heterocycles. The van der Waals surface area contributed by atoms with Crippen molar-refractivity contribution in [2.75, 3.05) is 0 Å². The molecule has 0 radical (unpaired) electrons. The molecule has 0 saturated heterocycles. The first-order valence-electron chi connectivity index (χ1n) is 8.20. The molecule has 0 N–H and O–H groups in total. The third-order valence-electron chi connectivity index (χ3n) is 4.04. The monoisotopic (exact) mass is 264 g/mol. The number of nitrogens with zero attached hydrogens (tertiary/aromatic N) is 2. The molecule has 0 aliphatic carbocycles. The molecule has 0 spiro atoms. The Morgan fingerprint density at radius 3 is 2.21 bits per heavy atom. The molecule has 2 nitrogen and oxygen atoms in total. The van der Waals surface area contributed by atoms with Gasteiger partial charge in [0.1, 0.15) is 0 Å². The highest BCUT2D eigenvalue weighted by Gasteiger charge is 2.20. The van der Waals surface area contributed by atoms with Crippen LogP contribution in [0.3, 0.4) is 0 Å². The maximum absolute atomic E-state index is 4.75. The van der Waals surface area contributed by atoms with Crippen molar-refractivity contribution in [1.29, 1.82) is 0 Å². The van der Waals surface area contributed by atoms with E-state index in [4.69, 9.17) is 4.98 Å². The van der Waals surface area contributed by atoms with Crippen molar-refractivity contribution in [3.8, 4) is 0 Å². The van der Waals surface area contributed by atoms with Gasteiger partial charge in [0.25, 0.3) is 0 Å². The van der Waals surface area contributed by atoms with E-state index in [-0.39, 0.29) is 0 Å².